The third-order valence-corrected chi connectivity index (χ3v) is 6.47. The second-order valence-corrected chi connectivity index (χ2v) is 8.36. The summed E-state index contributed by atoms with van der Waals surface area (Å²) in [5.41, 5.74) is 3.29. The standard InChI is InChI=1S/C21H19AsFN5O/c1-27-7-9-28(10-8-27)12-5-6-14-16(11-12)25-20(24-14)18-19(22)17-13(23)3-2-4-15(17)26-21(18)29/h2-6,11H,7-10H2,1H3,(H,24,25)(H,26,29). The number of piperazine rings is 1. The summed E-state index contributed by atoms with van der Waals surface area (Å²) in [6.45, 7) is 4.01. The first-order valence-corrected chi connectivity index (χ1v) is 10.4. The molecule has 2 aromatic heterocycles. The van der Waals surface area contributed by atoms with Crippen molar-refractivity contribution < 1.29 is 4.39 Å². The molecule has 29 heavy (non-hydrogen) atoms. The van der Waals surface area contributed by atoms with Gasteiger partial charge in [-0.3, -0.25) is 0 Å². The van der Waals surface area contributed by atoms with Crippen LogP contribution in [-0.2, 0) is 0 Å². The predicted octanol–water partition coefficient (Wildman–Crippen LogP) is 1.76. The number of imidazole rings is 1. The molecule has 2 N–H and O–H groups in total. The number of fused-ring (bicyclic) bond motifs is 2. The Bertz CT molecular complexity index is 1290. The minimum atomic E-state index is -0.371. The van der Waals surface area contributed by atoms with Crippen molar-refractivity contribution in [1.29, 1.82) is 0 Å². The van der Waals surface area contributed by atoms with E-state index in [9.17, 15) is 9.18 Å². The number of H-pyrrole nitrogens is 2. The van der Waals surface area contributed by atoms with Gasteiger partial charge in [0.2, 0.25) is 0 Å². The number of hydrogen-bond acceptors (Lipinski definition) is 4. The Labute approximate surface area is 175 Å². The fraction of sp³-hybridized carbons (Fsp3) is 0.238. The SMILES string of the molecule is CN1CCN(c2ccc3nc(-c4c([As])c5c(F)cccc5[nH]c4=O)[nH]c3c2)CC1. The molecule has 0 aliphatic carbocycles. The molecule has 0 atom stereocenters. The summed E-state index contributed by atoms with van der Waals surface area (Å²) >= 11 is 2.32. The van der Waals surface area contributed by atoms with Gasteiger partial charge in [-0.1, -0.05) is 0 Å². The molecule has 1 saturated heterocycles. The maximum absolute atomic E-state index is 14.4. The van der Waals surface area contributed by atoms with Crippen molar-refractivity contribution in [2.24, 2.45) is 0 Å². The molecule has 0 bridgehead atoms. The van der Waals surface area contributed by atoms with Crippen LogP contribution in [-0.4, -0.2) is 69.9 Å². The van der Waals surface area contributed by atoms with Crippen LogP contribution < -0.4 is 14.8 Å². The molecule has 8 heteroatoms. The van der Waals surface area contributed by atoms with Gasteiger partial charge in [-0.2, -0.15) is 0 Å². The number of hydrogen-bond donors (Lipinski definition) is 2. The molecule has 4 aromatic rings. The van der Waals surface area contributed by atoms with E-state index >= 15 is 0 Å². The van der Waals surface area contributed by atoms with E-state index < -0.39 is 0 Å². The topological polar surface area (TPSA) is 68.0 Å². The molecule has 0 spiro atoms. The molecule has 1 aliphatic heterocycles. The summed E-state index contributed by atoms with van der Waals surface area (Å²) in [5, 5.41) is 0.390. The maximum atomic E-state index is 14.4. The van der Waals surface area contributed by atoms with Crippen molar-refractivity contribution >= 4 is 48.8 Å². The van der Waals surface area contributed by atoms with Crippen LogP contribution in [0.2, 0.25) is 0 Å². The van der Waals surface area contributed by atoms with Gasteiger partial charge >= 0.3 is 175 Å². The van der Waals surface area contributed by atoms with Crippen molar-refractivity contribution in [3.63, 3.8) is 0 Å². The Morgan fingerprint density at radius 2 is 1.86 bits per heavy atom. The predicted molar refractivity (Wildman–Crippen MR) is 115 cm³/mol. The van der Waals surface area contributed by atoms with E-state index in [-0.39, 0.29) is 11.4 Å². The van der Waals surface area contributed by atoms with Gasteiger partial charge in [-0.15, -0.1) is 0 Å². The second kappa shape index (κ2) is 7.01. The molecule has 2 radical (unpaired) electrons. The van der Waals surface area contributed by atoms with Crippen molar-refractivity contribution in [3.05, 3.63) is 52.6 Å². The second-order valence-electron chi connectivity index (χ2n) is 7.42. The van der Waals surface area contributed by atoms with E-state index in [2.05, 4.69) is 60.8 Å². The molecule has 6 nitrogen and oxygen atoms in total. The molecule has 1 fully saturated rings. The average Bonchev–Trinajstić information content (AvgIpc) is 3.11. The number of halogens is 1. The van der Waals surface area contributed by atoms with Crippen LogP contribution in [0.4, 0.5) is 10.1 Å². The number of nitrogens with one attached hydrogen (secondary N) is 2. The van der Waals surface area contributed by atoms with Crippen LogP contribution in [0.3, 0.4) is 0 Å². The zero-order valence-electron chi connectivity index (χ0n) is 15.9. The van der Waals surface area contributed by atoms with Crippen molar-refractivity contribution in [3.8, 4) is 11.4 Å². The van der Waals surface area contributed by atoms with Crippen LogP contribution in [0.15, 0.2) is 41.2 Å². The molecule has 0 unspecified atom stereocenters. The van der Waals surface area contributed by atoms with Gasteiger partial charge in [0.05, 0.1) is 0 Å². The van der Waals surface area contributed by atoms with Gasteiger partial charge in [-0.25, -0.2) is 0 Å². The molecule has 0 amide bonds. The monoisotopic (exact) mass is 451 g/mol. The van der Waals surface area contributed by atoms with Gasteiger partial charge in [0.1, 0.15) is 0 Å². The van der Waals surface area contributed by atoms with E-state index in [0.29, 0.717) is 26.6 Å². The summed E-state index contributed by atoms with van der Waals surface area (Å²) in [5.74, 6) is 0.0710. The summed E-state index contributed by atoms with van der Waals surface area (Å²) in [6, 6.07) is 10.8. The molecule has 0 saturated carbocycles. The van der Waals surface area contributed by atoms with Gasteiger partial charge in [-0.05, 0) is 0 Å². The summed E-state index contributed by atoms with van der Waals surface area (Å²) in [7, 11) is 2.13. The molecular formula is C21H19AsFN5O. The third-order valence-electron chi connectivity index (χ3n) is 5.53. The fourth-order valence-electron chi connectivity index (χ4n) is 3.88. The summed E-state index contributed by atoms with van der Waals surface area (Å²) in [4.78, 5) is 28.0. The number of pyridine rings is 1. The average molecular weight is 451 g/mol. The Hall–Kier alpha value is -2.63. The van der Waals surface area contributed by atoms with Crippen molar-refractivity contribution in [1.82, 2.24) is 19.9 Å². The van der Waals surface area contributed by atoms with Crippen LogP contribution in [0.1, 0.15) is 0 Å². The van der Waals surface area contributed by atoms with Crippen LogP contribution in [0.5, 0.6) is 0 Å². The third kappa shape index (κ3) is 3.15. The zero-order valence-corrected chi connectivity index (χ0v) is 17.7. The molecule has 5 rings (SSSR count). The Morgan fingerprint density at radius 1 is 1.07 bits per heavy atom. The number of aromatic nitrogens is 3. The van der Waals surface area contributed by atoms with Gasteiger partial charge in [0.25, 0.3) is 0 Å². The Balaban J connectivity index is 1.61. The van der Waals surface area contributed by atoms with Crippen molar-refractivity contribution in [2.45, 2.75) is 0 Å². The molecular weight excluding hydrogens is 432 g/mol. The fourth-order valence-corrected chi connectivity index (χ4v) is 4.80. The zero-order chi connectivity index (χ0) is 20.1. The van der Waals surface area contributed by atoms with Gasteiger partial charge in [0, 0.05) is 0 Å². The van der Waals surface area contributed by atoms with Gasteiger partial charge in [0.15, 0.2) is 0 Å². The van der Waals surface area contributed by atoms with E-state index in [0.717, 1.165) is 42.9 Å². The molecule has 3 heterocycles. The number of likely N-dealkylation sites (N-methyl/N-ethyl adjacent to an activating group) is 1. The Morgan fingerprint density at radius 3 is 2.66 bits per heavy atom. The van der Waals surface area contributed by atoms with Crippen LogP contribution in [0, 0.1) is 5.82 Å². The normalized spacial score (nSPS) is 15.5. The Kier molecular flexibility index (Phi) is 4.45. The van der Waals surface area contributed by atoms with E-state index in [1.54, 1.807) is 12.1 Å². The van der Waals surface area contributed by atoms with E-state index in [1.165, 1.54) is 6.07 Å². The van der Waals surface area contributed by atoms with E-state index in [1.807, 2.05) is 6.07 Å². The first-order valence-electron chi connectivity index (χ1n) is 9.48. The first kappa shape index (κ1) is 18.4. The summed E-state index contributed by atoms with van der Waals surface area (Å²) in [6.07, 6.45) is 0. The number of aromatic amines is 2. The molecule has 2 aromatic carbocycles. The first-order chi connectivity index (χ1) is 14.0. The number of anilines is 1. The van der Waals surface area contributed by atoms with Crippen molar-refractivity contribution in [2.75, 3.05) is 38.1 Å². The molecule has 1 aliphatic rings. The van der Waals surface area contributed by atoms with Gasteiger partial charge < -0.3 is 0 Å². The minimum absolute atomic E-state index is 0.294. The number of benzene rings is 2. The van der Waals surface area contributed by atoms with Crippen LogP contribution in [0.25, 0.3) is 33.3 Å². The summed E-state index contributed by atoms with van der Waals surface area (Å²) < 4.78 is 14.9. The number of nitrogens with zero attached hydrogens (tertiary/aromatic N) is 3. The molecule has 146 valence electrons. The van der Waals surface area contributed by atoms with E-state index in [4.69, 9.17) is 0 Å². The quantitative estimate of drug-likeness (QED) is 0.456. The van der Waals surface area contributed by atoms with Crippen LogP contribution >= 0.6 is 0 Å². The number of rotatable bonds is 2.